The lowest BCUT2D eigenvalue weighted by molar-refractivity contribution is -0.333. The molecule has 0 saturated carbocycles. The molecule has 9 heteroatoms. The topological polar surface area (TPSA) is 163 Å². The lowest BCUT2D eigenvalue weighted by Gasteiger charge is -2.47. The highest BCUT2D eigenvalue weighted by molar-refractivity contribution is 5.77. The number of aliphatic hydroxyl groups excluding tert-OH is 4. The van der Waals surface area contributed by atoms with Crippen molar-refractivity contribution in [1.82, 2.24) is 0 Å². The molecule has 0 aromatic heterocycles. The number of carbonyl (C=O) groups is 1. The molecule has 1 saturated heterocycles. The minimum Gasteiger partial charge on any atom is -0.460 e. The van der Waals surface area contributed by atoms with E-state index in [9.17, 15) is 25.2 Å². The van der Waals surface area contributed by atoms with E-state index in [-0.39, 0.29) is 6.61 Å². The third kappa shape index (κ3) is 3.42. The van der Waals surface area contributed by atoms with Gasteiger partial charge in [-0.1, -0.05) is 30.3 Å². The minimum absolute atomic E-state index is 0.127. The number of rotatable bonds is 5. The van der Waals surface area contributed by atoms with E-state index in [4.69, 9.17) is 20.3 Å². The van der Waals surface area contributed by atoms with Gasteiger partial charge in [-0.15, -0.1) is 0 Å². The number of carbonyl (C=O) groups excluding carboxylic acids is 1. The highest BCUT2D eigenvalue weighted by Crippen LogP contribution is 2.31. The summed E-state index contributed by atoms with van der Waals surface area (Å²) in [6, 6.07) is 6.79. The third-order valence-electron chi connectivity index (χ3n) is 4.03. The number of hydrogen-bond donors (Lipinski definition) is 6. The normalized spacial score (nSPS) is 34.6. The zero-order valence-corrected chi connectivity index (χ0v) is 12.7. The summed E-state index contributed by atoms with van der Waals surface area (Å²) in [5.74, 6) is -1.10. The van der Waals surface area contributed by atoms with Crippen molar-refractivity contribution in [2.75, 3.05) is 6.61 Å². The molecular weight excluding hydrogens is 322 g/mol. The summed E-state index contributed by atoms with van der Waals surface area (Å²) in [4.78, 5) is 12.1. The van der Waals surface area contributed by atoms with Gasteiger partial charge >= 0.3 is 5.97 Å². The lowest BCUT2D eigenvalue weighted by atomic mass is 9.81. The molecule has 0 spiro atoms. The first kappa shape index (κ1) is 18.7. The Kier molecular flexibility index (Phi) is 5.88. The molecule has 0 bridgehead atoms. The van der Waals surface area contributed by atoms with Crippen LogP contribution in [0, 0.1) is 0 Å². The van der Waals surface area contributed by atoms with Crippen molar-refractivity contribution in [3.63, 3.8) is 0 Å². The average molecular weight is 343 g/mol. The first-order valence-corrected chi connectivity index (χ1v) is 7.31. The SMILES string of the molecule is NC(C(=O)OCc1ccccc1)[C@]1(O)[C@H](O)O[C@H](CO)[C@@H](O)[C@@H]1O. The highest BCUT2D eigenvalue weighted by atomic mass is 16.6. The molecule has 0 amide bonds. The average Bonchev–Trinajstić information content (AvgIpc) is 2.61. The van der Waals surface area contributed by atoms with Crippen molar-refractivity contribution in [2.45, 2.75) is 42.9 Å². The van der Waals surface area contributed by atoms with Gasteiger partial charge in [0.15, 0.2) is 11.9 Å². The number of benzene rings is 1. The van der Waals surface area contributed by atoms with Crippen LogP contribution in [0.15, 0.2) is 30.3 Å². The second-order valence-corrected chi connectivity index (χ2v) is 5.60. The van der Waals surface area contributed by atoms with Crippen molar-refractivity contribution in [3.8, 4) is 0 Å². The van der Waals surface area contributed by atoms with Crippen molar-refractivity contribution in [2.24, 2.45) is 5.73 Å². The quantitative estimate of drug-likeness (QED) is 0.310. The molecule has 1 aliphatic heterocycles. The fourth-order valence-electron chi connectivity index (χ4n) is 2.47. The number of aliphatic hydroxyl groups is 5. The van der Waals surface area contributed by atoms with Crippen molar-refractivity contribution < 1.29 is 39.8 Å². The Morgan fingerprint density at radius 2 is 1.92 bits per heavy atom. The van der Waals surface area contributed by atoms with Crippen LogP contribution >= 0.6 is 0 Å². The van der Waals surface area contributed by atoms with E-state index in [2.05, 4.69) is 0 Å². The largest absolute Gasteiger partial charge is 0.460 e. The summed E-state index contributed by atoms with van der Waals surface area (Å²) in [7, 11) is 0. The standard InChI is InChI=1S/C15H21NO8/c16-11(13(20)23-7-8-4-2-1-3-5-8)15(22)12(19)10(18)9(6-17)24-14(15)21/h1-5,9-12,14,17-19,21-22H,6-7,16H2/t9-,10-,11?,12+,14-,15-/m1/s1. The third-order valence-corrected chi connectivity index (χ3v) is 4.03. The Morgan fingerprint density at radius 3 is 2.50 bits per heavy atom. The maximum atomic E-state index is 12.1. The monoisotopic (exact) mass is 343 g/mol. The van der Waals surface area contributed by atoms with Gasteiger partial charge in [-0.25, -0.2) is 0 Å². The molecule has 1 aromatic rings. The molecule has 2 rings (SSSR count). The minimum atomic E-state index is -2.70. The summed E-state index contributed by atoms with van der Waals surface area (Å²) in [6.07, 6.45) is -7.22. The first-order chi connectivity index (χ1) is 11.3. The molecule has 134 valence electrons. The summed E-state index contributed by atoms with van der Waals surface area (Å²) in [5, 5.41) is 49.2. The van der Waals surface area contributed by atoms with Gasteiger partial charge in [-0.3, -0.25) is 4.79 Å². The van der Waals surface area contributed by atoms with Gasteiger partial charge in [-0.05, 0) is 5.56 Å². The molecule has 1 fully saturated rings. The second-order valence-electron chi connectivity index (χ2n) is 5.60. The van der Waals surface area contributed by atoms with Crippen molar-refractivity contribution >= 4 is 5.97 Å². The smallest absolute Gasteiger partial charge is 0.326 e. The molecule has 6 atom stereocenters. The van der Waals surface area contributed by atoms with Gasteiger partial charge in [0.25, 0.3) is 0 Å². The second kappa shape index (κ2) is 7.53. The van der Waals surface area contributed by atoms with Crippen LogP contribution in [0.1, 0.15) is 5.56 Å². The molecule has 1 aliphatic rings. The van der Waals surface area contributed by atoms with E-state index in [0.717, 1.165) is 0 Å². The Balaban J connectivity index is 2.08. The van der Waals surface area contributed by atoms with Gasteiger partial charge in [-0.2, -0.15) is 0 Å². The van der Waals surface area contributed by atoms with Gasteiger partial charge in [0.1, 0.15) is 31.0 Å². The Labute approximate surface area is 137 Å². The maximum absolute atomic E-state index is 12.1. The highest BCUT2D eigenvalue weighted by Gasteiger charge is 2.59. The van der Waals surface area contributed by atoms with E-state index in [1.807, 2.05) is 0 Å². The van der Waals surface area contributed by atoms with E-state index < -0.39 is 48.8 Å². The Hall–Kier alpha value is -1.59. The predicted molar refractivity (Wildman–Crippen MR) is 79.1 cm³/mol. The van der Waals surface area contributed by atoms with Gasteiger partial charge in [0.2, 0.25) is 0 Å². The van der Waals surface area contributed by atoms with E-state index in [1.165, 1.54) is 0 Å². The van der Waals surface area contributed by atoms with Crippen LogP contribution in [0.25, 0.3) is 0 Å². The zero-order valence-electron chi connectivity index (χ0n) is 12.7. The molecule has 1 heterocycles. The summed E-state index contributed by atoms with van der Waals surface area (Å²) in [6.45, 7) is -0.836. The molecule has 0 radical (unpaired) electrons. The molecule has 9 nitrogen and oxygen atoms in total. The Bertz CT molecular complexity index is 556. The number of hydrogen-bond acceptors (Lipinski definition) is 9. The number of esters is 1. The summed E-state index contributed by atoms with van der Waals surface area (Å²) in [5.41, 5.74) is 3.60. The van der Waals surface area contributed by atoms with Crippen molar-refractivity contribution in [1.29, 1.82) is 0 Å². The van der Waals surface area contributed by atoms with E-state index >= 15 is 0 Å². The molecule has 1 aromatic carbocycles. The fourth-order valence-corrected chi connectivity index (χ4v) is 2.47. The van der Waals surface area contributed by atoms with Gasteiger partial charge in [0, 0.05) is 0 Å². The Morgan fingerprint density at radius 1 is 1.29 bits per heavy atom. The van der Waals surface area contributed by atoms with E-state index in [1.54, 1.807) is 30.3 Å². The molecule has 7 N–H and O–H groups in total. The summed E-state index contributed by atoms with van der Waals surface area (Å²) < 4.78 is 9.79. The molecule has 0 aliphatic carbocycles. The lowest BCUT2D eigenvalue weighted by Crippen LogP contribution is -2.74. The van der Waals surface area contributed by atoms with Crippen LogP contribution in [0.4, 0.5) is 0 Å². The van der Waals surface area contributed by atoms with Crippen LogP contribution in [-0.2, 0) is 20.9 Å². The summed E-state index contributed by atoms with van der Waals surface area (Å²) >= 11 is 0. The van der Waals surface area contributed by atoms with Crippen molar-refractivity contribution in [3.05, 3.63) is 35.9 Å². The van der Waals surface area contributed by atoms with Crippen LogP contribution < -0.4 is 5.73 Å². The molecule has 24 heavy (non-hydrogen) atoms. The maximum Gasteiger partial charge on any atom is 0.326 e. The van der Waals surface area contributed by atoms with E-state index in [0.29, 0.717) is 5.56 Å². The predicted octanol–water partition coefficient (Wildman–Crippen LogP) is -2.78. The fraction of sp³-hybridized carbons (Fsp3) is 0.533. The number of nitrogens with two attached hydrogens (primary N) is 1. The molecular formula is C15H21NO8. The van der Waals surface area contributed by atoms with Gasteiger partial charge in [0.05, 0.1) is 6.61 Å². The number of ether oxygens (including phenoxy) is 2. The molecule has 1 unspecified atom stereocenters. The first-order valence-electron chi connectivity index (χ1n) is 7.31. The van der Waals surface area contributed by atoms with Crippen LogP contribution in [-0.4, -0.2) is 74.4 Å². The van der Waals surface area contributed by atoms with Gasteiger partial charge < -0.3 is 40.7 Å². The van der Waals surface area contributed by atoms with Crippen LogP contribution in [0.2, 0.25) is 0 Å². The van der Waals surface area contributed by atoms with Crippen LogP contribution in [0.5, 0.6) is 0 Å². The van der Waals surface area contributed by atoms with Crippen LogP contribution in [0.3, 0.4) is 0 Å². The zero-order chi connectivity index (χ0) is 17.9.